The van der Waals surface area contributed by atoms with E-state index < -0.39 is 24.1 Å². The molecular weight excluding hydrogens is 304 g/mol. The van der Waals surface area contributed by atoms with Crippen molar-refractivity contribution in [2.75, 3.05) is 11.5 Å². The highest BCUT2D eigenvalue weighted by Gasteiger charge is 2.28. The topological polar surface area (TPSA) is 86.7 Å². The Hall–Kier alpha value is -1.02. The summed E-state index contributed by atoms with van der Waals surface area (Å²) < 4.78 is 10.2. The second-order valence-electron chi connectivity index (χ2n) is 3.90. The molecule has 6 nitrogen and oxygen atoms in total. The summed E-state index contributed by atoms with van der Waals surface area (Å²) in [5, 5.41) is -0.272. The van der Waals surface area contributed by atoms with Crippen LogP contribution in [0.25, 0.3) is 0 Å². The van der Waals surface area contributed by atoms with Crippen molar-refractivity contribution in [3.8, 4) is 0 Å². The maximum absolute atomic E-state index is 11.1. The second kappa shape index (κ2) is 9.82. The van der Waals surface area contributed by atoms with Gasteiger partial charge in [-0.2, -0.15) is 0 Å². The molecular formula is C12H18O6S2. The summed E-state index contributed by atoms with van der Waals surface area (Å²) in [7, 11) is 0. The molecule has 0 amide bonds. The lowest BCUT2D eigenvalue weighted by atomic mass is 10.2. The van der Waals surface area contributed by atoms with E-state index in [1.807, 2.05) is 0 Å². The minimum absolute atomic E-state index is 0.136. The number of esters is 2. The van der Waals surface area contributed by atoms with Gasteiger partial charge in [0.1, 0.15) is 12.2 Å². The standard InChI is InChI=1S/C12H18O6S2/c1-7(13)17-11(5-19-9(3)15)12(18-8(2)14)6-20-10(4)16/h11-12H,5-6H2,1-4H3/t11-,12+. The third-order valence-corrected chi connectivity index (χ3v) is 3.75. The van der Waals surface area contributed by atoms with Crippen LogP contribution >= 0.6 is 23.5 Å². The van der Waals surface area contributed by atoms with E-state index in [0.717, 1.165) is 23.5 Å². The molecule has 2 atom stereocenters. The van der Waals surface area contributed by atoms with E-state index in [9.17, 15) is 19.2 Å². The molecule has 114 valence electrons. The molecule has 0 aliphatic rings. The fourth-order valence-electron chi connectivity index (χ4n) is 1.26. The summed E-state index contributed by atoms with van der Waals surface area (Å²) >= 11 is 1.94. The van der Waals surface area contributed by atoms with Gasteiger partial charge >= 0.3 is 11.9 Å². The van der Waals surface area contributed by atoms with Crippen molar-refractivity contribution >= 4 is 45.7 Å². The van der Waals surface area contributed by atoms with Crippen molar-refractivity contribution in [1.82, 2.24) is 0 Å². The van der Waals surface area contributed by atoms with E-state index in [4.69, 9.17) is 9.47 Å². The fourth-order valence-corrected chi connectivity index (χ4v) is 2.62. The Morgan fingerprint density at radius 3 is 1.25 bits per heavy atom. The third-order valence-electron chi connectivity index (χ3n) is 1.95. The second-order valence-corrected chi connectivity index (χ2v) is 6.29. The number of carbonyl (C=O) groups excluding carboxylic acids is 4. The zero-order valence-electron chi connectivity index (χ0n) is 11.8. The van der Waals surface area contributed by atoms with Crippen LogP contribution in [0.15, 0.2) is 0 Å². The van der Waals surface area contributed by atoms with Gasteiger partial charge in [-0.05, 0) is 0 Å². The maximum atomic E-state index is 11.1. The summed E-state index contributed by atoms with van der Waals surface area (Å²) in [4.78, 5) is 44.2. The summed E-state index contributed by atoms with van der Waals surface area (Å²) in [6.45, 7) is 5.24. The van der Waals surface area contributed by atoms with E-state index in [0.29, 0.717) is 0 Å². The van der Waals surface area contributed by atoms with E-state index in [1.165, 1.54) is 27.7 Å². The zero-order valence-corrected chi connectivity index (χ0v) is 13.5. The molecule has 0 bridgehead atoms. The molecule has 0 aromatic carbocycles. The van der Waals surface area contributed by atoms with Gasteiger partial charge in [-0.25, -0.2) is 0 Å². The van der Waals surface area contributed by atoms with Crippen molar-refractivity contribution < 1.29 is 28.7 Å². The molecule has 8 heteroatoms. The van der Waals surface area contributed by atoms with Gasteiger partial charge < -0.3 is 9.47 Å². The molecule has 0 heterocycles. The SMILES string of the molecule is CC(=O)O[C@@H](CSC(C)=O)[C@@H](CSC(C)=O)OC(C)=O. The van der Waals surface area contributed by atoms with E-state index >= 15 is 0 Å². The Labute approximate surface area is 126 Å². The molecule has 0 fully saturated rings. The Kier molecular flexibility index (Phi) is 9.32. The van der Waals surface area contributed by atoms with Gasteiger partial charge in [0, 0.05) is 39.2 Å². The molecule has 0 rings (SSSR count). The van der Waals surface area contributed by atoms with Gasteiger partial charge in [0.15, 0.2) is 10.2 Å². The molecule has 0 aromatic heterocycles. The largest absolute Gasteiger partial charge is 0.458 e. The van der Waals surface area contributed by atoms with Crippen molar-refractivity contribution in [1.29, 1.82) is 0 Å². The van der Waals surface area contributed by atoms with Crippen LogP contribution in [0.1, 0.15) is 27.7 Å². The van der Waals surface area contributed by atoms with E-state index in [-0.39, 0.29) is 21.7 Å². The predicted molar refractivity (Wildman–Crippen MR) is 77.4 cm³/mol. The van der Waals surface area contributed by atoms with Crippen LogP contribution < -0.4 is 0 Å². The quantitative estimate of drug-likeness (QED) is 0.650. The van der Waals surface area contributed by atoms with Crippen molar-refractivity contribution in [3.05, 3.63) is 0 Å². The van der Waals surface area contributed by atoms with Gasteiger partial charge in [0.25, 0.3) is 0 Å². The molecule has 0 spiro atoms. The molecule has 0 aliphatic carbocycles. The summed E-state index contributed by atoms with van der Waals surface area (Å²) in [5.41, 5.74) is 0. The van der Waals surface area contributed by atoms with Crippen LogP contribution in [0.3, 0.4) is 0 Å². The Bertz CT molecular complexity index is 346. The maximum Gasteiger partial charge on any atom is 0.303 e. The molecule has 0 aromatic rings. The number of thioether (sulfide) groups is 2. The van der Waals surface area contributed by atoms with Gasteiger partial charge in [-0.3, -0.25) is 19.2 Å². The minimum atomic E-state index is -0.767. The van der Waals surface area contributed by atoms with Gasteiger partial charge in [0.2, 0.25) is 0 Å². The number of carbonyl (C=O) groups is 4. The van der Waals surface area contributed by atoms with Crippen LogP contribution in [0.5, 0.6) is 0 Å². The highest BCUT2D eigenvalue weighted by Crippen LogP contribution is 2.18. The number of hydrogen-bond donors (Lipinski definition) is 0. The van der Waals surface area contributed by atoms with Crippen LogP contribution in [0, 0.1) is 0 Å². The van der Waals surface area contributed by atoms with E-state index in [2.05, 4.69) is 0 Å². The normalized spacial score (nSPS) is 13.2. The predicted octanol–water partition coefficient (Wildman–Crippen LogP) is 1.41. The summed E-state index contributed by atoms with van der Waals surface area (Å²) in [6, 6.07) is 0. The number of rotatable bonds is 7. The molecule has 0 aliphatic heterocycles. The minimum Gasteiger partial charge on any atom is -0.458 e. The first-order valence-corrected chi connectivity index (χ1v) is 7.80. The summed E-state index contributed by atoms with van der Waals surface area (Å²) in [5.74, 6) is -0.732. The third kappa shape index (κ3) is 9.85. The van der Waals surface area contributed by atoms with Crippen LogP contribution in [-0.2, 0) is 28.7 Å². The smallest absolute Gasteiger partial charge is 0.303 e. The van der Waals surface area contributed by atoms with Gasteiger partial charge in [-0.1, -0.05) is 23.5 Å². The Balaban J connectivity index is 4.83. The van der Waals surface area contributed by atoms with E-state index in [1.54, 1.807) is 0 Å². The zero-order chi connectivity index (χ0) is 15.7. The lowest BCUT2D eigenvalue weighted by molar-refractivity contribution is -0.161. The van der Waals surface area contributed by atoms with Crippen LogP contribution in [0.4, 0.5) is 0 Å². The number of hydrogen-bond acceptors (Lipinski definition) is 8. The van der Waals surface area contributed by atoms with Gasteiger partial charge in [-0.15, -0.1) is 0 Å². The van der Waals surface area contributed by atoms with Crippen molar-refractivity contribution in [3.63, 3.8) is 0 Å². The molecule has 0 unspecified atom stereocenters. The summed E-state index contributed by atoms with van der Waals surface area (Å²) in [6.07, 6.45) is -1.53. The Morgan fingerprint density at radius 2 is 1.05 bits per heavy atom. The molecule has 0 N–H and O–H groups in total. The molecule has 0 radical (unpaired) electrons. The van der Waals surface area contributed by atoms with Gasteiger partial charge in [0.05, 0.1) is 0 Å². The average Bonchev–Trinajstić information content (AvgIpc) is 2.28. The van der Waals surface area contributed by atoms with Crippen molar-refractivity contribution in [2.45, 2.75) is 39.9 Å². The Morgan fingerprint density at radius 1 is 0.750 bits per heavy atom. The highest BCUT2D eigenvalue weighted by molar-refractivity contribution is 8.13. The lowest BCUT2D eigenvalue weighted by Crippen LogP contribution is -2.38. The first-order valence-electron chi connectivity index (χ1n) is 5.83. The molecule has 20 heavy (non-hydrogen) atoms. The van der Waals surface area contributed by atoms with Crippen molar-refractivity contribution in [2.24, 2.45) is 0 Å². The van der Waals surface area contributed by atoms with Crippen LogP contribution in [0.2, 0.25) is 0 Å². The highest BCUT2D eigenvalue weighted by atomic mass is 32.2. The molecule has 0 saturated heterocycles. The first kappa shape index (κ1) is 19.0. The van der Waals surface area contributed by atoms with Crippen LogP contribution in [-0.4, -0.2) is 45.9 Å². The monoisotopic (exact) mass is 322 g/mol. The number of ether oxygens (including phenoxy) is 2. The lowest BCUT2D eigenvalue weighted by Gasteiger charge is -2.25. The average molecular weight is 322 g/mol. The fraction of sp³-hybridized carbons (Fsp3) is 0.667. The first-order chi connectivity index (χ1) is 9.22. The molecule has 0 saturated carbocycles.